The highest BCUT2D eigenvalue weighted by Gasteiger charge is 2.10. The largest absolute Gasteiger partial charge is 0.382 e. The van der Waals surface area contributed by atoms with Gasteiger partial charge in [-0.25, -0.2) is 9.97 Å². The quantitative estimate of drug-likeness (QED) is 0.855. The lowest BCUT2D eigenvalue weighted by atomic mass is 10.2. The average molecular weight is 348 g/mol. The maximum absolute atomic E-state index is 6.07. The zero-order valence-electron chi connectivity index (χ0n) is 9.34. The summed E-state index contributed by atoms with van der Waals surface area (Å²) in [5.74, 6) is 0.660. The molecule has 0 spiro atoms. The smallest absolute Gasteiger partial charge is 0.154 e. The first-order valence-electron chi connectivity index (χ1n) is 4.97. The van der Waals surface area contributed by atoms with E-state index in [1.807, 2.05) is 13.0 Å². The van der Waals surface area contributed by atoms with Gasteiger partial charge in [0.25, 0.3) is 0 Å². The van der Waals surface area contributed by atoms with Gasteiger partial charge in [-0.05, 0) is 40.5 Å². The fourth-order valence-corrected chi connectivity index (χ4v) is 2.21. The van der Waals surface area contributed by atoms with Crippen molar-refractivity contribution in [2.45, 2.75) is 6.92 Å². The van der Waals surface area contributed by atoms with Crippen molar-refractivity contribution in [3.63, 3.8) is 0 Å². The molecule has 0 amide bonds. The number of aryl methyl sites for hydroxylation is 1. The molecule has 0 bridgehead atoms. The Labute approximate surface area is 123 Å². The number of rotatable bonds is 2. The molecule has 0 saturated heterocycles. The Morgan fingerprint density at radius 1 is 1.28 bits per heavy atom. The fourth-order valence-electron chi connectivity index (χ4n) is 1.34. The number of aromatic nitrogens is 2. The second-order valence-electron chi connectivity index (χ2n) is 3.63. The van der Waals surface area contributed by atoms with Crippen molar-refractivity contribution in [1.82, 2.24) is 9.97 Å². The van der Waals surface area contributed by atoms with Gasteiger partial charge in [0, 0.05) is 9.50 Å². The van der Waals surface area contributed by atoms with Crippen molar-refractivity contribution in [3.05, 3.63) is 38.5 Å². The molecule has 0 saturated carbocycles. The SMILES string of the molecule is Cc1cc(Br)c(Nc2ncnc(N)c2Cl)cc1Cl. The van der Waals surface area contributed by atoms with Crippen LogP contribution < -0.4 is 11.1 Å². The molecule has 0 aliphatic rings. The zero-order valence-corrected chi connectivity index (χ0v) is 12.4. The summed E-state index contributed by atoms with van der Waals surface area (Å²) < 4.78 is 0.859. The summed E-state index contributed by atoms with van der Waals surface area (Å²) in [7, 11) is 0. The van der Waals surface area contributed by atoms with Gasteiger partial charge >= 0.3 is 0 Å². The minimum absolute atomic E-state index is 0.225. The Bertz CT molecular complexity index is 604. The Balaban J connectivity index is 2.40. The summed E-state index contributed by atoms with van der Waals surface area (Å²) >= 11 is 15.5. The summed E-state index contributed by atoms with van der Waals surface area (Å²) in [4.78, 5) is 7.82. The number of nitrogens with zero attached hydrogens (tertiary/aromatic N) is 2. The van der Waals surface area contributed by atoms with Crippen molar-refractivity contribution in [2.24, 2.45) is 0 Å². The normalized spacial score (nSPS) is 10.4. The predicted octanol–water partition coefficient (Wildman–Crippen LogP) is 4.18. The monoisotopic (exact) mass is 346 g/mol. The highest BCUT2D eigenvalue weighted by molar-refractivity contribution is 9.10. The van der Waals surface area contributed by atoms with Gasteiger partial charge in [-0.15, -0.1) is 0 Å². The molecule has 94 valence electrons. The molecule has 0 aliphatic heterocycles. The zero-order chi connectivity index (χ0) is 13.3. The number of nitrogen functional groups attached to an aromatic ring is 1. The molecule has 0 aliphatic carbocycles. The van der Waals surface area contributed by atoms with E-state index in [1.165, 1.54) is 6.33 Å². The van der Waals surface area contributed by atoms with E-state index in [2.05, 4.69) is 31.2 Å². The van der Waals surface area contributed by atoms with E-state index in [4.69, 9.17) is 28.9 Å². The van der Waals surface area contributed by atoms with Crippen LogP contribution in [-0.2, 0) is 0 Å². The number of anilines is 3. The minimum Gasteiger partial charge on any atom is -0.382 e. The third kappa shape index (κ3) is 2.68. The highest BCUT2D eigenvalue weighted by atomic mass is 79.9. The van der Waals surface area contributed by atoms with E-state index < -0.39 is 0 Å². The van der Waals surface area contributed by atoms with Crippen molar-refractivity contribution >= 4 is 56.5 Å². The van der Waals surface area contributed by atoms with E-state index in [-0.39, 0.29) is 10.8 Å². The molecular formula is C11H9BrCl2N4. The van der Waals surface area contributed by atoms with E-state index in [1.54, 1.807) is 6.07 Å². The first-order valence-corrected chi connectivity index (χ1v) is 6.52. The lowest BCUT2D eigenvalue weighted by molar-refractivity contribution is 1.17. The minimum atomic E-state index is 0.225. The molecule has 2 aromatic rings. The molecule has 3 N–H and O–H groups in total. The third-order valence-corrected chi connectivity index (χ3v) is 3.75. The van der Waals surface area contributed by atoms with Gasteiger partial charge in [-0.3, -0.25) is 0 Å². The van der Waals surface area contributed by atoms with Crippen LogP contribution in [0.15, 0.2) is 22.9 Å². The fraction of sp³-hybridized carbons (Fsp3) is 0.0909. The number of nitrogens with two attached hydrogens (primary N) is 1. The summed E-state index contributed by atoms with van der Waals surface area (Å²) in [6.07, 6.45) is 1.34. The van der Waals surface area contributed by atoms with Crippen LogP contribution in [-0.4, -0.2) is 9.97 Å². The van der Waals surface area contributed by atoms with E-state index in [9.17, 15) is 0 Å². The maximum atomic E-state index is 6.07. The van der Waals surface area contributed by atoms with Crippen LogP contribution in [0.4, 0.5) is 17.3 Å². The number of nitrogens with one attached hydrogen (secondary N) is 1. The lowest BCUT2D eigenvalue weighted by Gasteiger charge is -2.11. The Morgan fingerprint density at radius 3 is 2.72 bits per heavy atom. The van der Waals surface area contributed by atoms with Gasteiger partial charge < -0.3 is 11.1 Å². The lowest BCUT2D eigenvalue weighted by Crippen LogP contribution is -2.00. The molecule has 0 radical (unpaired) electrons. The molecule has 1 aromatic carbocycles. The molecule has 1 aromatic heterocycles. The summed E-state index contributed by atoms with van der Waals surface area (Å²) in [5, 5.41) is 3.99. The van der Waals surface area contributed by atoms with Crippen LogP contribution in [0.5, 0.6) is 0 Å². The molecule has 2 rings (SSSR count). The highest BCUT2D eigenvalue weighted by Crippen LogP contribution is 2.33. The molecule has 7 heteroatoms. The van der Waals surface area contributed by atoms with Crippen molar-refractivity contribution in [3.8, 4) is 0 Å². The Morgan fingerprint density at radius 2 is 2.00 bits per heavy atom. The first kappa shape index (κ1) is 13.4. The predicted molar refractivity (Wildman–Crippen MR) is 78.6 cm³/mol. The van der Waals surface area contributed by atoms with E-state index in [0.29, 0.717) is 10.8 Å². The molecular weight excluding hydrogens is 339 g/mol. The summed E-state index contributed by atoms with van der Waals surface area (Å²) in [5.41, 5.74) is 7.34. The molecule has 0 fully saturated rings. The molecule has 18 heavy (non-hydrogen) atoms. The third-order valence-electron chi connectivity index (χ3n) is 2.32. The number of hydrogen-bond acceptors (Lipinski definition) is 4. The number of benzene rings is 1. The van der Waals surface area contributed by atoms with Crippen LogP contribution >= 0.6 is 39.1 Å². The topological polar surface area (TPSA) is 63.8 Å². The standard InChI is InChI=1S/C11H9BrCl2N4/c1-5-2-6(12)8(3-7(5)13)18-11-9(14)10(15)16-4-17-11/h2-4H,1H3,(H3,15,16,17,18). The van der Waals surface area contributed by atoms with Crippen LogP contribution in [0, 0.1) is 6.92 Å². The van der Waals surface area contributed by atoms with Crippen molar-refractivity contribution < 1.29 is 0 Å². The van der Waals surface area contributed by atoms with E-state index >= 15 is 0 Å². The van der Waals surface area contributed by atoms with Crippen LogP contribution in [0.3, 0.4) is 0 Å². The molecule has 1 heterocycles. The van der Waals surface area contributed by atoms with Gasteiger partial charge in [0.2, 0.25) is 0 Å². The van der Waals surface area contributed by atoms with Crippen molar-refractivity contribution in [1.29, 1.82) is 0 Å². The Kier molecular flexibility index (Phi) is 3.94. The van der Waals surface area contributed by atoms with Gasteiger partial charge in [-0.2, -0.15) is 0 Å². The van der Waals surface area contributed by atoms with Gasteiger partial charge in [0.05, 0.1) is 5.69 Å². The Hall–Kier alpha value is -1.04. The van der Waals surface area contributed by atoms with Crippen molar-refractivity contribution in [2.75, 3.05) is 11.1 Å². The average Bonchev–Trinajstić information content (AvgIpc) is 2.32. The maximum Gasteiger partial charge on any atom is 0.154 e. The number of halogens is 3. The number of hydrogen-bond donors (Lipinski definition) is 2. The second kappa shape index (κ2) is 5.30. The summed E-state index contributed by atoms with van der Waals surface area (Å²) in [6.45, 7) is 1.92. The van der Waals surface area contributed by atoms with Crippen LogP contribution in [0.2, 0.25) is 10.0 Å². The molecule has 0 unspecified atom stereocenters. The first-order chi connectivity index (χ1) is 8.49. The molecule has 4 nitrogen and oxygen atoms in total. The van der Waals surface area contributed by atoms with Gasteiger partial charge in [-0.1, -0.05) is 23.2 Å². The van der Waals surface area contributed by atoms with Crippen LogP contribution in [0.25, 0.3) is 0 Å². The van der Waals surface area contributed by atoms with Gasteiger partial charge in [0.1, 0.15) is 17.2 Å². The summed E-state index contributed by atoms with van der Waals surface area (Å²) in [6, 6.07) is 3.69. The second-order valence-corrected chi connectivity index (χ2v) is 5.27. The van der Waals surface area contributed by atoms with Crippen LogP contribution in [0.1, 0.15) is 5.56 Å². The molecule has 0 atom stereocenters. The van der Waals surface area contributed by atoms with E-state index in [0.717, 1.165) is 15.7 Å². The van der Waals surface area contributed by atoms with Gasteiger partial charge in [0.15, 0.2) is 5.82 Å².